The molecule has 3 rings (SSSR count). The van der Waals surface area contributed by atoms with Gasteiger partial charge in [-0.1, -0.05) is 29.8 Å². The Labute approximate surface area is 147 Å². The van der Waals surface area contributed by atoms with Crippen LogP contribution in [0.1, 0.15) is 17.0 Å². The molecule has 9 heteroatoms. The summed E-state index contributed by atoms with van der Waals surface area (Å²) in [7, 11) is -4.11. The maximum atomic E-state index is 12.9. The topological polar surface area (TPSA) is 55.4 Å². The minimum atomic E-state index is -4.74. The number of sulfonamides is 1. The van der Waals surface area contributed by atoms with Crippen LogP contribution in [0.5, 0.6) is 5.75 Å². The van der Waals surface area contributed by atoms with Gasteiger partial charge in [0.05, 0.1) is 22.1 Å². The average molecular weight is 392 g/mol. The molecule has 0 bridgehead atoms. The molecule has 0 aliphatic carbocycles. The van der Waals surface area contributed by atoms with E-state index in [1.165, 1.54) is 0 Å². The Balaban J connectivity index is 1.79. The summed E-state index contributed by atoms with van der Waals surface area (Å²) in [5.74, 6) is 0.470. The van der Waals surface area contributed by atoms with Crippen LogP contribution >= 0.6 is 11.6 Å². The lowest BCUT2D eigenvalue weighted by atomic mass is 10.0. The molecule has 2 aromatic carbocycles. The molecule has 0 saturated carbocycles. The van der Waals surface area contributed by atoms with Crippen molar-refractivity contribution in [2.45, 2.75) is 17.0 Å². The summed E-state index contributed by atoms with van der Waals surface area (Å²) >= 11 is 5.52. The molecule has 1 atom stereocenters. The third-order valence-electron chi connectivity index (χ3n) is 3.87. The van der Waals surface area contributed by atoms with Crippen molar-refractivity contribution in [3.8, 4) is 5.75 Å². The van der Waals surface area contributed by atoms with Crippen molar-refractivity contribution >= 4 is 21.6 Å². The number of halogens is 4. The molecule has 1 unspecified atom stereocenters. The van der Waals surface area contributed by atoms with E-state index in [-0.39, 0.29) is 12.5 Å². The molecular formula is C16H13ClF3NO3S. The highest BCUT2D eigenvalue weighted by molar-refractivity contribution is 7.89. The van der Waals surface area contributed by atoms with Crippen molar-refractivity contribution in [1.29, 1.82) is 0 Å². The summed E-state index contributed by atoms with van der Waals surface area (Å²) in [4.78, 5) is -0.489. The Morgan fingerprint density at radius 2 is 1.92 bits per heavy atom. The van der Waals surface area contributed by atoms with E-state index in [1.54, 1.807) is 12.1 Å². The van der Waals surface area contributed by atoms with Gasteiger partial charge in [-0.2, -0.15) is 13.2 Å². The van der Waals surface area contributed by atoms with Crippen molar-refractivity contribution in [1.82, 2.24) is 4.72 Å². The fourth-order valence-electron chi connectivity index (χ4n) is 2.58. The van der Waals surface area contributed by atoms with Gasteiger partial charge in [0.1, 0.15) is 5.75 Å². The van der Waals surface area contributed by atoms with Crippen LogP contribution in [0.4, 0.5) is 13.2 Å². The molecule has 25 heavy (non-hydrogen) atoms. The van der Waals surface area contributed by atoms with Crippen LogP contribution in [0.3, 0.4) is 0 Å². The number of nitrogens with one attached hydrogen (secondary N) is 1. The SMILES string of the molecule is O=S(=O)(NCC1COc2ccccc21)c1ccc(Cl)c(C(F)(F)F)c1. The molecule has 0 aromatic heterocycles. The predicted octanol–water partition coefficient (Wildman–Crippen LogP) is 3.81. The number of ether oxygens (including phenoxy) is 1. The summed E-state index contributed by atoms with van der Waals surface area (Å²) in [6.07, 6.45) is -4.74. The molecule has 1 heterocycles. The summed E-state index contributed by atoms with van der Waals surface area (Å²) in [5, 5.41) is -0.551. The Kier molecular flexibility index (Phi) is 4.70. The first kappa shape index (κ1) is 18.0. The molecule has 1 N–H and O–H groups in total. The minimum Gasteiger partial charge on any atom is -0.493 e. The van der Waals surface area contributed by atoms with Crippen LogP contribution < -0.4 is 9.46 Å². The first-order chi connectivity index (χ1) is 11.7. The molecular weight excluding hydrogens is 379 g/mol. The van der Waals surface area contributed by atoms with Gasteiger partial charge in [0.15, 0.2) is 0 Å². The van der Waals surface area contributed by atoms with Crippen molar-refractivity contribution in [2.24, 2.45) is 0 Å². The normalized spacial score (nSPS) is 17.2. The van der Waals surface area contributed by atoms with E-state index in [1.807, 2.05) is 12.1 Å². The van der Waals surface area contributed by atoms with E-state index in [0.29, 0.717) is 18.4 Å². The van der Waals surface area contributed by atoms with Crippen LogP contribution in [-0.4, -0.2) is 21.6 Å². The first-order valence-corrected chi connectivity index (χ1v) is 9.13. The molecule has 4 nitrogen and oxygen atoms in total. The number of hydrogen-bond donors (Lipinski definition) is 1. The number of para-hydroxylation sites is 1. The summed E-state index contributed by atoms with van der Waals surface area (Å²) in [5.41, 5.74) is -0.330. The Morgan fingerprint density at radius 3 is 2.64 bits per heavy atom. The monoisotopic (exact) mass is 391 g/mol. The average Bonchev–Trinajstić information content (AvgIpc) is 2.95. The van der Waals surface area contributed by atoms with Crippen molar-refractivity contribution in [2.75, 3.05) is 13.2 Å². The van der Waals surface area contributed by atoms with Crippen LogP contribution in [0.15, 0.2) is 47.4 Å². The third-order valence-corrected chi connectivity index (χ3v) is 5.62. The molecule has 2 aromatic rings. The fourth-order valence-corrected chi connectivity index (χ4v) is 3.91. The van der Waals surface area contributed by atoms with Gasteiger partial charge in [-0.3, -0.25) is 0 Å². The third kappa shape index (κ3) is 3.75. The molecule has 1 aliphatic heterocycles. The van der Waals surface area contributed by atoms with Crippen LogP contribution in [0.25, 0.3) is 0 Å². The lowest BCUT2D eigenvalue weighted by Gasteiger charge is -2.14. The smallest absolute Gasteiger partial charge is 0.417 e. The van der Waals surface area contributed by atoms with Gasteiger partial charge in [-0.15, -0.1) is 0 Å². The maximum absolute atomic E-state index is 12.9. The second-order valence-corrected chi connectivity index (χ2v) is 7.71. The molecule has 134 valence electrons. The standard InChI is InChI=1S/C16H13ClF3NO3S/c17-14-6-5-11(7-13(14)16(18,19)20)25(22,23)21-8-10-9-24-15-4-2-1-3-12(10)15/h1-7,10,21H,8-9H2. The number of alkyl halides is 3. The Morgan fingerprint density at radius 1 is 1.20 bits per heavy atom. The van der Waals surface area contributed by atoms with Crippen molar-refractivity contribution < 1.29 is 26.3 Å². The van der Waals surface area contributed by atoms with Gasteiger partial charge in [0.2, 0.25) is 10.0 Å². The fraction of sp³-hybridized carbons (Fsp3) is 0.250. The van der Waals surface area contributed by atoms with Gasteiger partial charge in [-0.25, -0.2) is 13.1 Å². The van der Waals surface area contributed by atoms with E-state index < -0.39 is 31.7 Å². The van der Waals surface area contributed by atoms with Crippen LogP contribution in [0.2, 0.25) is 5.02 Å². The predicted molar refractivity (Wildman–Crippen MR) is 86.3 cm³/mol. The number of hydrogen-bond acceptors (Lipinski definition) is 3. The zero-order valence-electron chi connectivity index (χ0n) is 12.7. The van der Waals surface area contributed by atoms with Crippen LogP contribution in [0, 0.1) is 0 Å². The van der Waals surface area contributed by atoms with E-state index >= 15 is 0 Å². The lowest BCUT2D eigenvalue weighted by Crippen LogP contribution is -2.29. The Hall–Kier alpha value is -1.77. The molecule has 0 radical (unpaired) electrons. The summed E-state index contributed by atoms with van der Waals surface area (Å²) < 4.78 is 71.1. The quantitative estimate of drug-likeness (QED) is 0.862. The van der Waals surface area contributed by atoms with Crippen LogP contribution in [-0.2, 0) is 16.2 Å². The van der Waals surface area contributed by atoms with Gasteiger partial charge < -0.3 is 4.74 Å². The summed E-state index contributed by atoms with van der Waals surface area (Å²) in [6, 6.07) is 9.71. The lowest BCUT2D eigenvalue weighted by molar-refractivity contribution is -0.137. The van der Waals surface area contributed by atoms with E-state index in [2.05, 4.69) is 4.72 Å². The molecule has 0 saturated heterocycles. The van der Waals surface area contributed by atoms with Gasteiger partial charge in [-0.05, 0) is 24.3 Å². The number of fused-ring (bicyclic) bond motifs is 1. The van der Waals surface area contributed by atoms with Gasteiger partial charge >= 0.3 is 6.18 Å². The molecule has 1 aliphatic rings. The zero-order valence-corrected chi connectivity index (χ0v) is 14.3. The Bertz CT molecular complexity index is 900. The summed E-state index contributed by atoms with van der Waals surface area (Å²) in [6.45, 7) is 0.319. The molecule has 0 amide bonds. The van der Waals surface area contributed by atoms with Gasteiger partial charge in [0.25, 0.3) is 0 Å². The minimum absolute atomic E-state index is 0.0172. The zero-order chi connectivity index (χ0) is 18.2. The van der Waals surface area contributed by atoms with Crippen molar-refractivity contribution in [3.63, 3.8) is 0 Å². The van der Waals surface area contributed by atoms with Crippen molar-refractivity contribution in [3.05, 3.63) is 58.6 Å². The highest BCUT2D eigenvalue weighted by Crippen LogP contribution is 2.36. The maximum Gasteiger partial charge on any atom is 0.417 e. The number of rotatable bonds is 4. The second kappa shape index (κ2) is 6.51. The van der Waals surface area contributed by atoms with E-state index in [0.717, 1.165) is 17.7 Å². The second-order valence-electron chi connectivity index (χ2n) is 5.54. The van der Waals surface area contributed by atoms with E-state index in [9.17, 15) is 21.6 Å². The molecule has 0 fully saturated rings. The first-order valence-electron chi connectivity index (χ1n) is 7.26. The number of benzene rings is 2. The highest BCUT2D eigenvalue weighted by atomic mass is 35.5. The highest BCUT2D eigenvalue weighted by Gasteiger charge is 2.34. The van der Waals surface area contributed by atoms with Gasteiger partial charge in [0, 0.05) is 18.0 Å². The molecule has 0 spiro atoms. The largest absolute Gasteiger partial charge is 0.493 e. The van der Waals surface area contributed by atoms with E-state index in [4.69, 9.17) is 16.3 Å².